The van der Waals surface area contributed by atoms with Gasteiger partial charge in [-0.1, -0.05) is 6.92 Å². The fourth-order valence-electron chi connectivity index (χ4n) is 3.87. The third-order valence-electron chi connectivity index (χ3n) is 4.68. The van der Waals surface area contributed by atoms with Gasteiger partial charge in [0.25, 0.3) is 0 Å². The zero-order chi connectivity index (χ0) is 14.1. The zero-order valence-corrected chi connectivity index (χ0v) is 13.5. The van der Waals surface area contributed by atoms with Crippen molar-refractivity contribution < 1.29 is 4.74 Å². The Balaban J connectivity index is 1.87. The summed E-state index contributed by atoms with van der Waals surface area (Å²) in [5, 5.41) is 3.66. The first-order valence-corrected chi connectivity index (χ1v) is 8.02. The summed E-state index contributed by atoms with van der Waals surface area (Å²) in [4.78, 5) is 2.67. The van der Waals surface area contributed by atoms with Crippen molar-refractivity contribution >= 4 is 0 Å². The highest BCUT2D eigenvalue weighted by atomic mass is 16.5. The van der Waals surface area contributed by atoms with Crippen LogP contribution in [0.5, 0.6) is 0 Å². The van der Waals surface area contributed by atoms with Crippen molar-refractivity contribution in [3.63, 3.8) is 0 Å². The molecule has 1 atom stereocenters. The number of rotatable bonds is 4. The van der Waals surface area contributed by atoms with Crippen LogP contribution in [0.15, 0.2) is 0 Å². The molecule has 1 N–H and O–H groups in total. The first kappa shape index (κ1) is 15.3. The zero-order valence-electron chi connectivity index (χ0n) is 13.5. The minimum Gasteiger partial charge on any atom is -0.368 e. The number of likely N-dealkylation sites (tertiary alicyclic amines) is 1. The van der Waals surface area contributed by atoms with E-state index in [9.17, 15) is 0 Å². The Labute approximate surface area is 119 Å². The van der Waals surface area contributed by atoms with Crippen LogP contribution in [0, 0.1) is 0 Å². The van der Waals surface area contributed by atoms with Crippen LogP contribution in [0.1, 0.15) is 60.3 Å². The maximum atomic E-state index is 6.24. The fourth-order valence-corrected chi connectivity index (χ4v) is 3.87. The molecule has 2 saturated heterocycles. The Morgan fingerprint density at radius 2 is 1.79 bits per heavy atom. The van der Waals surface area contributed by atoms with Gasteiger partial charge in [-0.3, -0.25) is 4.90 Å². The van der Waals surface area contributed by atoms with Crippen molar-refractivity contribution in [3.05, 3.63) is 0 Å². The van der Waals surface area contributed by atoms with Crippen molar-refractivity contribution in [1.29, 1.82) is 0 Å². The molecule has 0 aromatic carbocycles. The van der Waals surface area contributed by atoms with Gasteiger partial charge in [0.05, 0.1) is 11.2 Å². The lowest BCUT2D eigenvalue weighted by molar-refractivity contribution is -0.0822. The lowest BCUT2D eigenvalue weighted by atomic mass is 9.90. The van der Waals surface area contributed by atoms with E-state index >= 15 is 0 Å². The lowest BCUT2D eigenvalue weighted by Crippen LogP contribution is -2.52. The Morgan fingerprint density at radius 1 is 1.16 bits per heavy atom. The van der Waals surface area contributed by atoms with Crippen molar-refractivity contribution in [3.8, 4) is 0 Å². The summed E-state index contributed by atoms with van der Waals surface area (Å²) < 4.78 is 6.24. The van der Waals surface area contributed by atoms with Crippen molar-refractivity contribution in [2.45, 2.75) is 83.6 Å². The second kappa shape index (κ2) is 5.71. The van der Waals surface area contributed by atoms with Gasteiger partial charge in [-0.2, -0.15) is 0 Å². The molecular weight excluding hydrogens is 236 g/mol. The van der Waals surface area contributed by atoms with Gasteiger partial charge in [0.15, 0.2) is 0 Å². The predicted octanol–water partition coefficient (Wildman–Crippen LogP) is 2.80. The molecule has 0 aromatic heterocycles. The van der Waals surface area contributed by atoms with Gasteiger partial charge in [-0.05, 0) is 59.9 Å². The summed E-state index contributed by atoms with van der Waals surface area (Å²) in [5.41, 5.74) is 0.0264. The van der Waals surface area contributed by atoms with Crippen molar-refractivity contribution in [2.75, 3.05) is 19.6 Å². The molecule has 2 fully saturated rings. The van der Waals surface area contributed by atoms with Gasteiger partial charge in [-0.15, -0.1) is 0 Å². The molecule has 0 aromatic rings. The summed E-state index contributed by atoms with van der Waals surface area (Å²) in [7, 11) is 0. The summed E-state index contributed by atoms with van der Waals surface area (Å²) in [6.45, 7) is 14.8. The highest BCUT2D eigenvalue weighted by Crippen LogP contribution is 2.40. The Morgan fingerprint density at radius 3 is 2.26 bits per heavy atom. The standard InChI is InChI=1S/C16H32N2O/c1-6-9-17-13-7-10-18(11-8-13)14-12-15(2,3)19-16(14,4)5/h13-14,17H,6-12H2,1-5H3. The highest BCUT2D eigenvalue weighted by Gasteiger charge is 2.48. The van der Waals surface area contributed by atoms with Crippen LogP contribution in [0.3, 0.4) is 0 Å². The van der Waals surface area contributed by atoms with Crippen LogP contribution < -0.4 is 5.32 Å². The van der Waals surface area contributed by atoms with Gasteiger partial charge in [0.1, 0.15) is 0 Å². The predicted molar refractivity (Wildman–Crippen MR) is 80.5 cm³/mol. The van der Waals surface area contributed by atoms with E-state index in [-0.39, 0.29) is 11.2 Å². The minimum absolute atomic E-state index is 0.00676. The second-order valence-electron chi connectivity index (χ2n) is 7.45. The second-order valence-corrected chi connectivity index (χ2v) is 7.45. The highest BCUT2D eigenvalue weighted by molar-refractivity contribution is 5.01. The van der Waals surface area contributed by atoms with E-state index in [0.29, 0.717) is 6.04 Å². The molecule has 2 aliphatic heterocycles. The number of nitrogens with zero attached hydrogens (tertiary/aromatic N) is 1. The monoisotopic (exact) mass is 268 g/mol. The van der Waals surface area contributed by atoms with E-state index in [4.69, 9.17) is 4.74 Å². The molecule has 19 heavy (non-hydrogen) atoms. The molecule has 0 spiro atoms. The van der Waals surface area contributed by atoms with E-state index in [1.165, 1.54) is 32.4 Å². The quantitative estimate of drug-likeness (QED) is 0.848. The molecule has 3 heteroatoms. The molecule has 112 valence electrons. The summed E-state index contributed by atoms with van der Waals surface area (Å²) in [6, 6.07) is 1.31. The van der Waals surface area contributed by atoms with Gasteiger partial charge in [-0.25, -0.2) is 0 Å². The van der Waals surface area contributed by atoms with Gasteiger partial charge in [0.2, 0.25) is 0 Å². The van der Waals surface area contributed by atoms with E-state index in [0.717, 1.165) is 19.0 Å². The van der Waals surface area contributed by atoms with Crippen LogP contribution in [0.25, 0.3) is 0 Å². The molecule has 0 amide bonds. The molecule has 0 bridgehead atoms. The first-order chi connectivity index (χ1) is 8.84. The van der Waals surface area contributed by atoms with Crippen LogP contribution in [-0.4, -0.2) is 47.8 Å². The average molecular weight is 268 g/mol. The summed E-state index contributed by atoms with van der Waals surface area (Å²) in [6.07, 6.45) is 4.96. The lowest BCUT2D eigenvalue weighted by Gasteiger charge is -2.40. The number of piperidine rings is 1. The third-order valence-corrected chi connectivity index (χ3v) is 4.68. The molecular formula is C16H32N2O. The summed E-state index contributed by atoms with van der Waals surface area (Å²) >= 11 is 0. The molecule has 1 unspecified atom stereocenters. The molecule has 3 nitrogen and oxygen atoms in total. The maximum absolute atomic E-state index is 6.24. The number of nitrogens with one attached hydrogen (secondary N) is 1. The third kappa shape index (κ3) is 3.71. The average Bonchev–Trinajstić information content (AvgIpc) is 2.55. The van der Waals surface area contributed by atoms with Crippen LogP contribution in [0.4, 0.5) is 0 Å². The molecule has 0 saturated carbocycles. The number of ether oxygens (including phenoxy) is 1. The number of hydrogen-bond acceptors (Lipinski definition) is 3. The normalized spacial score (nSPS) is 31.7. The van der Waals surface area contributed by atoms with Crippen LogP contribution >= 0.6 is 0 Å². The van der Waals surface area contributed by atoms with Gasteiger partial charge >= 0.3 is 0 Å². The first-order valence-electron chi connectivity index (χ1n) is 8.02. The van der Waals surface area contributed by atoms with Crippen LogP contribution in [-0.2, 0) is 4.74 Å². The van der Waals surface area contributed by atoms with E-state index in [1.54, 1.807) is 0 Å². The topological polar surface area (TPSA) is 24.5 Å². The Kier molecular flexibility index (Phi) is 4.59. The number of hydrogen-bond donors (Lipinski definition) is 1. The molecule has 0 aliphatic carbocycles. The summed E-state index contributed by atoms with van der Waals surface area (Å²) in [5.74, 6) is 0. The molecule has 2 rings (SSSR count). The molecule has 0 radical (unpaired) electrons. The largest absolute Gasteiger partial charge is 0.368 e. The Hall–Kier alpha value is -0.120. The van der Waals surface area contributed by atoms with Crippen molar-refractivity contribution in [1.82, 2.24) is 10.2 Å². The van der Waals surface area contributed by atoms with E-state index < -0.39 is 0 Å². The van der Waals surface area contributed by atoms with Crippen LogP contribution in [0.2, 0.25) is 0 Å². The van der Waals surface area contributed by atoms with Crippen molar-refractivity contribution in [2.24, 2.45) is 0 Å². The fraction of sp³-hybridized carbons (Fsp3) is 1.00. The van der Waals surface area contributed by atoms with E-state index in [1.807, 2.05) is 0 Å². The van der Waals surface area contributed by atoms with Gasteiger partial charge in [0, 0.05) is 25.2 Å². The van der Waals surface area contributed by atoms with Gasteiger partial charge < -0.3 is 10.1 Å². The maximum Gasteiger partial charge on any atom is 0.0789 e. The van der Waals surface area contributed by atoms with E-state index in [2.05, 4.69) is 44.8 Å². The minimum atomic E-state index is -0.00676. The Bertz CT molecular complexity index is 293. The molecule has 2 heterocycles. The SMILES string of the molecule is CCCNC1CCN(C2CC(C)(C)OC2(C)C)CC1. The molecule has 2 aliphatic rings. The smallest absolute Gasteiger partial charge is 0.0789 e.